The predicted octanol–water partition coefficient (Wildman–Crippen LogP) is 1.65. The van der Waals surface area contributed by atoms with E-state index >= 15 is 0 Å². The lowest BCUT2D eigenvalue weighted by Gasteiger charge is -2.01. The van der Waals surface area contributed by atoms with E-state index < -0.39 is 0 Å². The summed E-state index contributed by atoms with van der Waals surface area (Å²) in [5.74, 6) is 0.512. The van der Waals surface area contributed by atoms with Crippen molar-refractivity contribution in [1.29, 1.82) is 0 Å². The van der Waals surface area contributed by atoms with Crippen LogP contribution in [0.25, 0.3) is 0 Å². The van der Waals surface area contributed by atoms with Gasteiger partial charge in [0, 0.05) is 12.7 Å². The Morgan fingerprint density at radius 2 is 2.10 bits per heavy atom. The maximum atomic E-state index is 4.15. The molecule has 1 aromatic rings. The van der Waals surface area contributed by atoms with Crippen molar-refractivity contribution in [2.24, 2.45) is 7.05 Å². The molecule has 0 aliphatic carbocycles. The number of rotatable bonds is 1. The number of hydrogen-bond donors (Lipinski definition) is 0. The van der Waals surface area contributed by atoms with Crippen molar-refractivity contribution in [2.75, 3.05) is 0 Å². The molecule has 0 aliphatic heterocycles. The molecular formula is C8H13N2. The Balaban J connectivity index is 3.05. The van der Waals surface area contributed by atoms with Gasteiger partial charge in [0.15, 0.2) is 6.33 Å². The summed E-state index contributed by atoms with van der Waals surface area (Å²) in [4.78, 5) is 4.15. The Bertz CT molecular complexity index is 223. The Morgan fingerprint density at radius 3 is 2.30 bits per heavy atom. The molecule has 0 unspecified atom stereocenters. The van der Waals surface area contributed by atoms with Gasteiger partial charge in [-0.05, 0) is 12.8 Å². The number of aromatic nitrogens is 2. The van der Waals surface area contributed by atoms with E-state index in [0.717, 1.165) is 5.69 Å². The van der Waals surface area contributed by atoms with Gasteiger partial charge < -0.3 is 4.57 Å². The second kappa shape index (κ2) is 2.45. The molecule has 2 nitrogen and oxygen atoms in total. The third-order valence-corrected chi connectivity index (χ3v) is 1.74. The van der Waals surface area contributed by atoms with Crippen LogP contribution < -0.4 is 0 Å². The van der Waals surface area contributed by atoms with Gasteiger partial charge in [0.05, 0.1) is 5.69 Å². The van der Waals surface area contributed by atoms with E-state index in [-0.39, 0.29) is 0 Å². The average molecular weight is 137 g/mol. The van der Waals surface area contributed by atoms with E-state index in [0.29, 0.717) is 5.92 Å². The molecule has 0 aliphatic rings. The molecule has 0 saturated carbocycles. The molecule has 0 aromatic carbocycles. The zero-order valence-electron chi connectivity index (χ0n) is 6.97. The molecule has 1 aromatic heterocycles. The van der Waals surface area contributed by atoms with Gasteiger partial charge in [0.25, 0.3) is 0 Å². The zero-order valence-corrected chi connectivity index (χ0v) is 6.97. The fourth-order valence-electron chi connectivity index (χ4n) is 1.00. The highest BCUT2D eigenvalue weighted by molar-refractivity contribution is 5.13. The summed E-state index contributed by atoms with van der Waals surface area (Å²) in [6.45, 7) is 6.35. The topological polar surface area (TPSA) is 17.8 Å². The molecule has 1 rings (SSSR count). The van der Waals surface area contributed by atoms with Crippen LogP contribution in [-0.2, 0) is 7.05 Å². The fourth-order valence-corrected chi connectivity index (χ4v) is 1.00. The fraction of sp³-hybridized carbons (Fsp3) is 0.625. The minimum atomic E-state index is 0.512. The first-order valence-electron chi connectivity index (χ1n) is 3.54. The quantitative estimate of drug-likeness (QED) is 0.575. The second-order valence-electron chi connectivity index (χ2n) is 2.90. The van der Waals surface area contributed by atoms with Crippen molar-refractivity contribution < 1.29 is 0 Å². The highest BCUT2D eigenvalue weighted by Gasteiger charge is 2.06. The van der Waals surface area contributed by atoms with Crippen molar-refractivity contribution in [3.05, 3.63) is 17.7 Å². The summed E-state index contributed by atoms with van der Waals surface area (Å²) in [7, 11) is 1.97. The molecule has 0 amide bonds. The van der Waals surface area contributed by atoms with Gasteiger partial charge >= 0.3 is 0 Å². The van der Waals surface area contributed by atoms with Crippen LogP contribution >= 0.6 is 0 Å². The number of imidazole rings is 1. The van der Waals surface area contributed by atoms with Gasteiger partial charge in [-0.3, -0.25) is 0 Å². The summed E-state index contributed by atoms with van der Waals surface area (Å²) in [5, 5.41) is 0. The van der Waals surface area contributed by atoms with Crippen molar-refractivity contribution >= 4 is 0 Å². The van der Waals surface area contributed by atoms with Gasteiger partial charge in [0.2, 0.25) is 0 Å². The number of aryl methyl sites for hydroxylation is 1. The maximum absolute atomic E-state index is 4.15. The van der Waals surface area contributed by atoms with Crippen LogP contribution in [0.1, 0.15) is 31.2 Å². The zero-order chi connectivity index (χ0) is 7.72. The van der Waals surface area contributed by atoms with Crippen molar-refractivity contribution in [3.8, 4) is 0 Å². The molecule has 1 radical (unpaired) electrons. The van der Waals surface area contributed by atoms with Crippen LogP contribution in [0.15, 0.2) is 0 Å². The van der Waals surface area contributed by atoms with Crippen LogP contribution in [0.2, 0.25) is 0 Å². The standard InChI is InChI=1S/C8H13N2/c1-6(2)8-7(3)10(4)5-9-8/h6H,1-4H3. The van der Waals surface area contributed by atoms with Crippen molar-refractivity contribution in [2.45, 2.75) is 26.7 Å². The van der Waals surface area contributed by atoms with Gasteiger partial charge in [-0.2, -0.15) is 0 Å². The van der Waals surface area contributed by atoms with Gasteiger partial charge in [0.1, 0.15) is 0 Å². The van der Waals surface area contributed by atoms with Crippen LogP contribution in [0.4, 0.5) is 0 Å². The first kappa shape index (κ1) is 7.32. The molecule has 0 bridgehead atoms. The molecule has 0 N–H and O–H groups in total. The Morgan fingerprint density at radius 1 is 1.50 bits per heavy atom. The highest BCUT2D eigenvalue weighted by Crippen LogP contribution is 2.14. The van der Waals surface area contributed by atoms with E-state index in [1.165, 1.54) is 5.69 Å². The summed E-state index contributed by atoms with van der Waals surface area (Å²) in [6, 6.07) is 0. The SMILES string of the molecule is Cc1c(C(C)C)n[c]n1C. The van der Waals surface area contributed by atoms with E-state index in [4.69, 9.17) is 0 Å². The Labute approximate surface area is 61.9 Å². The molecule has 55 valence electrons. The van der Waals surface area contributed by atoms with Gasteiger partial charge in [-0.25, -0.2) is 4.98 Å². The third-order valence-electron chi connectivity index (χ3n) is 1.74. The maximum Gasteiger partial charge on any atom is 0.176 e. The Kier molecular flexibility index (Phi) is 1.79. The van der Waals surface area contributed by atoms with Crippen molar-refractivity contribution in [1.82, 2.24) is 9.55 Å². The normalized spacial score (nSPS) is 10.9. The summed E-state index contributed by atoms with van der Waals surface area (Å²) in [6.07, 6.45) is 2.88. The molecule has 0 saturated heterocycles. The lowest BCUT2D eigenvalue weighted by atomic mass is 10.1. The molecule has 0 fully saturated rings. The van der Waals surface area contributed by atoms with E-state index in [9.17, 15) is 0 Å². The minimum Gasteiger partial charge on any atom is -0.329 e. The second-order valence-corrected chi connectivity index (χ2v) is 2.90. The lowest BCUT2D eigenvalue weighted by Crippen LogP contribution is -1.93. The van der Waals surface area contributed by atoms with E-state index in [1.54, 1.807) is 0 Å². The van der Waals surface area contributed by atoms with Crippen LogP contribution in [0.5, 0.6) is 0 Å². The lowest BCUT2D eigenvalue weighted by molar-refractivity contribution is 0.807. The monoisotopic (exact) mass is 137 g/mol. The smallest absolute Gasteiger partial charge is 0.176 e. The number of hydrogen-bond acceptors (Lipinski definition) is 1. The summed E-state index contributed by atoms with van der Waals surface area (Å²) >= 11 is 0. The molecule has 1 heterocycles. The summed E-state index contributed by atoms with van der Waals surface area (Å²) in [5.41, 5.74) is 2.37. The highest BCUT2D eigenvalue weighted by atomic mass is 15.0. The van der Waals surface area contributed by atoms with Gasteiger partial charge in [-0.15, -0.1) is 0 Å². The first-order valence-corrected chi connectivity index (χ1v) is 3.54. The van der Waals surface area contributed by atoms with Crippen LogP contribution in [0.3, 0.4) is 0 Å². The van der Waals surface area contributed by atoms with Crippen LogP contribution in [0, 0.1) is 13.3 Å². The van der Waals surface area contributed by atoms with Crippen LogP contribution in [-0.4, -0.2) is 9.55 Å². The first-order chi connectivity index (χ1) is 4.63. The predicted molar refractivity (Wildman–Crippen MR) is 40.9 cm³/mol. The van der Waals surface area contributed by atoms with E-state index in [2.05, 4.69) is 32.1 Å². The molecule has 0 atom stereocenters. The molecular weight excluding hydrogens is 124 g/mol. The molecule has 2 heteroatoms. The van der Waals surface area contributed by atoms with E-state index in [1.807, 2.05) is 11.6 Å². The largest absolute Gasteiger partial charge is 0.329 e. The Hall–Kier alpha value is -0.790. The third kappa shape index (κ3) is 1.06. The molecule has 10 heavy (non-hydrogen) atoms. The molecule has 0 spiro atoms. The summed E-state index contributed by atoms with van der Waals surface area (Å²) < 4.78 is 1.93. The number of nitrogens with zero attached hydrogens (tertiary/aromatic N) is 2. The van der Waals surface area contributed by atoms with Gasteiger partial charge in [-0.1, -0.05) is 13.8 Å². The average Bonchev–Trinajstić information content (AvgIpc) is 2.14. The van der Waals surface area contributed by atoms with Crippen molar-refractivity contribution in [3.63, 3.8) is 0 Å². The minimum absolute atomic E-state index is 0.512.